The molecular formula is C18H16BrN3O2. The van der Waals surface area contributed by atoms with Crippen molar-refractivity contribution in [1.82, 2.24) is 15.0 Å². The molecule has 0 amide bonds. The van der Waals surface area contributed by atoms with Crippen molar-refractivity contribution in [3.05, 3.63) is 34.8 Å². The van der Waals surface area contributed by atoms with Gasteiger partial charge in [0.2, 0.25) is 0 Å². The van der Waals surface area contributed by atoms with Gasteiger partial charge in [0.15, 0.2) is 17.1 Å². The summed E-state index contributed by atoms with van der Waals surface area (Å²) in [6.45, 7) is 5.04. The standard InChI is InChI=1S/C18H16BrN3O2/c1-3-23-15-8-13-14(9-16(15)24-4-2)22-18-17(20-13)11-7-10(19)5-6-12(11)21-18/h5-9H,3-4H2,1-2H3,(H,21,22). The summed E-state index contributed by atoms with van der Waals surface area (Å²) in [6.07, 6.45) is 0. The molecule has 0 bridgehead atoms. The molecule has 0 spiro atoms. The summed E-state index contributed by atoms with van der Waals surface area (Å²) in [7, 11) is 0. The van der Waals surface area contributed by atoms with E-state index >= 15 is 0 Å². The molecule has 4 aromatic rings. The van der Waals surface area contributed by atoms with E-state index in [0.717, 1.165) is 37.6 Å². The van der Waals surface area contributed by atoms with E-state index in [1.807, 2.05) is 44.2 Å². The van der Waals surface area contributed by atoms with Gasteiger partial charge in [-0.2, -0.15) is 0 Å². The Labute approximate surface area is 147 Å². The van der Waals surface area contributed by atoms with Crippen LogP contribution in [0.1, 0.15) is 13.8 Å². The van der Waals surface area contributed by atoms with Gasteiger partial charge < -0.3 is 14.5 Å². The van der Waals surface area contributed by atoms with Gasteiger partial charge in [0.25, 0.3) is 0 Å². The van der Waals surface area contributed by atoms with E-state index in [-0.39, 0.29) is 0 Å². The van der Waals surface area contributed by atoms with Crippen molar-refractivity contribution >= 4 is 49.0 Å². The number of nitrogens with zero attached hydrogens (tertiary/aromatic N) is 2. The van der Waals surface area contributed by atoms with Crippen molar-refractivity contribution < 1.29 is 9.47 Å². The van der Waals surface area contributed by atoms with Gasteiger partial charge in [0.05, 0.1) is 24.2 Å². The SMILES string of the molecule is CCOc1cc2nc3[nH]c4ccc(Br)cc4c3nc2cc1OCC. The van der Waals surface area contributed by atoms with Gasteiger partial charge >= 0.3 is 0 Å². The topological polar surface area (TPSA) is 60.0 Å². The van der Waals surface area contributed by atoms with Crippen LogP contribution in [-0.4, -0.2) is 28.2 Å². The molecule has 2 aromatic carbocycles. The van der Waals surface area contributed by atoms with Crippen molar-refractivity contribution in [2.45, 2.75) is 13.8 Å². The summed E-state index contributed by atoms with van der Waals surface area (Å²) < 4.78 is 12.4. The van der Waals surface area contributed by atoms with Crippen LogP contribution < -0.4 is 9.47 Å². The molecule has 0 fully saturated rings. The molecule has 5 nitrogen and oxygen atoms in total. The summed E-state index contributed by atoms with van der Waals surface area (Å²) in [6, 6.07) is 9.85. The molecule has 24 heavy (non-hydrogen) atoms. The van der Waals surface area contributed by atoms with Crippen molar-refractivity contribution in [2.24, 2.45) is 0 Å². The molecule has 6 heteroatoms. The number of aromatic nitrogens is 3. The van der Waals surface area contributed by atoms with Gasteiger partial charge in [-0.1, -0.05) is 15.9 Å². The minimum Gasteiger partial charge on any atom is -0.490 e. The summed E-state index contributed by atoms with van der Waals surface area (Å²) in [5.41, 5.74) is 4.20. The van der Waals surface area contributed by atoms with Crippen LogP contribution >= 0.6 is 15.9 Å². The highest BCUT2D eigenvalue weighted by atomic mass is 79.9. The van der Waals surface area contributed by atoms with Gasteiger partial charge in [-0.15, -0.1) is 0 Å². The number of ether oxygens (including phenoxy) is 2. The first-order chi connectivity index (χ1) is 11.7. The van der Waals surface area contributed by atoms with Crippen LogP contribution in [0, 0.1) is 0 Å². The number of rotatable bonds is 4. The predicted octanol–water partition coefficient (Wildman–Crippen LogP) is 4.82. The van der Waals surface area contributed by atoms with E-state index in [4.69, 9.17) is 19.4 Å². The molecule has 2 heterocycles. The highest BCUT2D eigenvalue weighted by Gasteiger charge is 2.13. The maximum Gasteiger partial charge on any atom is 0.163 e. The van der Waals surface area contributed by atoms with Crippen molar-refractivity contribution in [1.29, 1.82) is 0 Å². The summed E-state index contributed by atoms with van der Waals surface area (Å²) in [5.74, 6) is 1.39. The fraction of sp³-hybridized carbons (Fsp3) is 0.222. The Morgan fingerprint density at radius 2 is 1.62 bits per heavy atom. The summed E-state index contributed by atoms with van der Waals surface area (Å²) in [4.78, 5) is 12.8. The number of halogens is 1. The molecular weight excluding hydrogens is 370 g/mol. The lowest BCUT2D eigenvalue weighted by molar-refractivity contribution is 0.288. The zero-order valence-electron chi connectivity index (χ0n) is 13.4. The number of hydrogen-bond acceptors (Lipinski definition) is 4. The predicted molar refractivity (Wildman–Crippen MR) is 98.9 cm³/mol. The first-order valence-electron chi connectivity index (χ1n) is 7.88. The van der Waals surface area contributed by atoms with Crippen LogP contribution in [-0.2, 0) is 0 Å². The quantitative estimate of drug-likeness (QED) is 0.546. The van der Waals surface area contributed by atoms with Gasteiger partial charge in [-0.25, -0.2) is 9.97 Å². The van der Waals surface area contributed by atoms with E-state index < -0.39 is 0 Å². The Balaban J connectivity index is 2.01. The Bertz CT molecular complexity index is 1060. The smallest absolute Gasteiger partial charge is 0.163 e. The van der Waals surface area contributed by atoms with Crippen LogP contribution in [0.4, 0.5) is 0 Å². The second kappa shape index (κ2) is 5.94. The molecule has 0 saturated carbocycles. The van der Waals surface area contributed by atoms with Crippen molar-refractivity contribution in [3.63, 3.8) is 0 Å². The van der Waals surface area contributed by atoms with Crippen LogP contribution in [0.15, 0.2) is 34.8 Å². The molecule has 4 rings (SSSR count). The van der Waals surface area contributed by atoms with E-state index in [1.165, 1.54) is 0 Å². The van der Waals surface area contributed by atoms with E-state index in [9.17, 15) is 0 Å². The highest BCUT2D eigenvalue weighted by Crippen LogP contribution is 2.33. The average Bonchev–Trinajstić information content (AvgIpc) is 2.91. The Morgan fingerprint density at radius 3 is 2.29 bits per heavy atom. The molecule has 0 saturated heterocycles. The third-order valence-corrected chi connectivity index (χ3v) is 4.31. The second-order valence-corrected chi connectivity index (χ2v) is 6.31. The number of H-pyrrole nitrogens is 1. The van der Waals surface area contributed by atoms with Crippen LogP contribution in [0.5, 0.6) is 11.5 Å². The monoisotopic (exact) mass is 385 g/mol. The number of nitrogens with one attached hydrogen (secondary N) is 1. The maximum atomic E-state index is 5.69. The molecule has 0 aliphatic rings. The van der Waals surface area contributed by atoms with Crippen molar-refractivity contribution in [3.8, 4) is 11.5 Å². The lowest BCUT2D eigenvalue weighted by Crippen LogP contribution is -1.99. The normalized spacial score (nSPS) is 11.5. The number of fused-ring (bicyclic) bond motifs is 4. The molecule has 0 atom stereocenters. The lowest BCUT2D eigenvalue weighted by atomic mass is 10.2. The molecule has 0 aliphatic heterocycles. The Hall–Kier alpha value is -2.34. The first-order valence-corrected chi connectivity index (χ1v) is 8.67. The van der Waals surface area contributed by atoms with E-state index in [0.29, 0.717) is 24.7 Å². The maximum absolute atomic E-state index is 5.69. The minimum absolute atomic E-state index is 0.571. The number of benzene rings is 2. The third kappa shape index (κ3) is 2.47. The number of aromatic amines is 1. The fourth-order valence-corrected chi connectivity index (χ4v) is 3.19. The van der Waals surface area contributed by atoms with Crippen LogP contribution in [0.3, 0.4) is 0 Å². The second-order valence-electron chi connectivity index (χ2n) is 5.39. The summed E-state index contributed by atoms with van der Waals surface area (Å²) >= 11 is 3.51. The molecule has 0 radical (unpaired) electrons. The first kappa shape index (κ1) is 15.2. The highest BCUT2D eigenvalue weighted by molar-refractivity contribution is 9.10. The molecule has 0 aliphatic carbocycles. The zero-order valence-corrected chi connectivity index (χ0v) is 15.0. The van der Waals surface area contributed by atoms with Crippen LogP contribution in [0.2, 0.25) is 0 Å². The molecule has 1 N–H and O–H groups in total. The van der Waals surface area contributed by atoms with Gasteiger partial charge in [-0.3, -0.25) is 0 Å². The summed E-state index contributed by atoms with van der Waals surface area (Å²) in [5, 5.41) is 1.04. The van der Waals surface area contributed by atoms with Gasteiger partial charge in [0, 0.05) is 27.5 Å². The zero-order chi connectivity index (χ0) is 16.7. The van der Waals surface area contributed by atoms with Crippen LogP contribution in [0.25, 0.3) is 33.1 Å². The molecule has 122 valence electrons. The van der Waals surface area contributed by atoms with Crippen molar-refractivity contribution in [2.75, 3.05) is 13.2 Å². The Kier molecular flexibility index (Phi) is 3.76. The third-order valence-electron chi connectivity index (χ3n) is 3.82. The largest absolute Gasteiger partial charge is 0.490 e. The lowest BCUT2D eigenvalue weighted by Gasteiger charge is -2.11. The minimum atomic E-state index is 0.571. The van der Waals surface area contributed by atoms with E-state index in [1.54, 1.807) is 0 Å². The number of hydrogen-bond donors (Lipinski definition) is 1. The average molecular weight is 386 g/mol. The molecule has 2 aromatic heterocycles. The van der Waals surface area contributed by atoms with E-state index in [2.05, 4.69) is 20.9 Å². The molecule has 0 unspecified atom stereocenters. The Morgan fingerprint density at radius 1 is 0.958 bits per heavy atom. The van der Waals surface area contributed by atoms with Gasteiger partial charge in [-0.05, 0) is 32.0 Å². The van der Waals surface area contributed by atoms with Gasteiger partial charge in [0.1, 0.15) is 5.52 Å². The fourth-order valence-electron chi connectivity index (χ4n) is 2.82.